The zero-order chi connectivity index (χ0) is 20.8. The summed E-state index contributed by atoms with van der Waals surface area (Å²) in [5, 5.41) is 12.3. The molecular weight excluding hydrogens is 366 g/mol. The number of rotatable bonds is 7. The van der Waals surface area contributed by atoms with Crippen LogP contribution in [0.3, 0.4) is 0 Å². The highest BCUT2D eigenvalue weighted by Crippen LogP contribution is 2.18. The summed E-state index contributed by atoms with van der Waals surface area (Å²) in [6.45, 7) is 3.35. The number of hydrogen-bond acceptors (Lipinski definition) is 4. The maximum absolute atomic E-state index is 13.1. The Kier molecular flexibility index (Phi) is 6.57. The fourth-order valence-corrected chi connectivity index (χ4v) is 3.31. The first-order valence-corrected chi connectivity index (χ1v) is 9.62. The van der Waals surface area contributed by atoms with Crippen molar-refractivity contribution in [2.45, 2.75) is 32.9 Å². The van der Waals surface area contributed by atoms with Gasteiger partial charge in [0, 0.05) is 29.8 Å². The summed E-state index contributed by atoms with van der Waals surface area (Å²) < 4.78 is 1.39. The van der Waals surface area contributed by atoms with Crippen molar-refractivity contribution in [1.29, 1.82) is 0 Å². The predicted molar refractivity (Wildman–Crippen MR) is 112 cm³/mol. The van der Waals surface area contributed by atoms with E-state index in [4.69, 9.17) is 0 Å². The number of aliphatic hydroxyl groups is 1. The smallest absolute Gasteiger partial charge is 0.257 e. The summed E-state index contributed by atoms with van der Waals surface area (Å²) >= 11 is 0. The molecule has 0 radical (unpaired) electrons. The van der Waals surface area contributed by atoms with Gasteiger partial charge in [-0.2, -0.15) is 0 Å². The SMILES string of the molecule is Cc1nc(-c2ccccc2)n(CC(=O)NC(C)c2ccccc2)c(=O)c1CCO. The van der Waals surface area contributed by atoms with Crippen LogP contribution < -0.4 is 10.9 Å². The Balaban J connectivity index is 1.95. The van der Waals surface area contributed by atoms with Crippen molar-refractivity contribution in [1.82, 2.24) is 14.9 Å². The lowest BCUT2D eigenvalue weighted by Gasteiger charge is -2.18. The monoisotopic (exact) mass is 391 g/mol. The van der Waals surface area contributed by atoms with E-state index in [0.717, 1.165) is 11.1 Å². The molecule has 0 bridgehead atoms. The van der Waals surface area contributed by atoms with E-state index in [2.05, 4.69) is 10.3 Å². The second-order valence-corrected chi connectivity index (χ2v) is 6.93. The number of aryl methyl sites for hydroxylation is 1. The summed E-state index contributed by atoms with van der Waals surface area (Å²) in [5.74, 6) is 0.165. The summed E-state index contributed by atoms with van der Waals surface area (Å²) in [4.78, 5) is 30.4. The number of hydrogen-bond donors (Lipinski definition) is 2. The summed E-state index contributed by atoms with van der Waals surface area (Å²) in [5.41, 5.74) is 2.44. The molecule has 1 atom stereocenters. The van der Waals surface area contributed by atoms with Crippen LogP contribution in [0.15, 0.2) is 65.5 Å². The number of carbonyl (C=O) groups excluding carboxylic acids is 1. The molecule has 1 amide bonds. The van der Waals surface area contributed by atoms with E-state index in [0.29, 0.717) is 17.1 Å². The standard InChI is InChI=1S/C23H25N3O3/c1-16(18-9-5-3-6-10-18)24-21(28)15-26-22(19-11-7-4-8-12-19)25-17(2)20(13-14-27)23(26)29/h3-12,16,27H,13-15H2,1-2H3,(H,24,28). The zero-order valence-electron chi connectivity index (χ0n) is 16.6. The van der Waals surface area contributed by atoms with Crippen LogP contribution in [-0.2, 0) is 17.8 Å². The third kappa shape index (κ3) is 4.78. The van der Waals surface area contributed by atoms with Crippen molar-refractivity contribution >= 4 is 5.91 Å². The van der Waals surface area contributed by atoms with Gasteiger partial charge in [-0.3, -0.25) is 14.2 Å². The van der Waals surface area contributed by atoms with Crippen molar-refractivity contribution in [3.8, 4) is 11.4 Å². The van der Waals surface area contributed by atoms with Gasteiger partial charge >= 0.3 is 0 Å². The van der Waals surface area contributed by atoms with E-state index in [1.165, 1.54) is 4.57 Å². The highest BCUT2D eigenvalue weighted by Gasteiger charge is 2.18. The lowest BCUT2D eigenvalue weighted by molar-refractivity contribution is -0.122. The van der Waals surface area contributed by atoms with E-state index in [1.807, 2.05) is 67.6 Å². The Bertz CT molecular complexity index is 1030. The first-order valence-electron chi connectivity index (χ1n) is 9.62. The predicted octanol–water partition coefficient (Wildman–Crippen LogP) is 2.63. The lowest BCUT2D eigenvalue weighted by atomic mass is 10.1. The molecule has 0 aliphatic rings. The maximum atomic E-state index is 13.1. The molecule has 0 spiro atoms. The second-order valence-electron chi connectivity index (χ2n) is 6.93. The van der Waals surface area contributed by atoms with Gasteiger partial charge in [-0.25, -0.2) is 4.98 Å². The molecule has 6 nitrogen and oxygen atoms in total. The largest absolute Gasteiger partial charge is 0.396 e. The van der Waals surface area contributed by atoms with Gasteiger partial charge in [0.2, 0.25) is 5.91 Å². The van der Waals surface area contributed by atoms with Crippen molar-refractivity contribution < 1.29 is 9.90 Å². The molecule has 3 rings (SSSR count). The van der Waals surface area contributed by atoms with Crippen LogP contribution in [0.2, 0.25) is 0 Å². The first kappa shape index (κ1) is 20.5. The van der Waals surface area contributed by atoms with Gasteiger partial charge in [-0.15, -0.1) is 0 Å². The molecule has 0 saturated heterocycles. The second kappa shape index (κ2) is 9.30. The van der Waals surface area contributed by atoms with Crippen LogP contribution in [0.4, 0.5) is 0 Å². The molecule has 2 N–H and O–H groups in total. The van der Waals surface area contributed by atoms with Crippen molar-refractivity contribution in [3.05, 3.63) is 87.8 Å². The van der Waals surface area contributed by atoms with Crippen LogP contribution in [0.25, 0.3) is 11.4 Å². The third-order valence-electron chi connectivity index (χ3n) is 4.84. The van der Waals surface area contributed by atoms with Crippen molar-refractivity contribution in [3.63, 3.8) is 0 Å². The molecule has 0 aliphatic heterocycles. The maximum Gasteiger partial charge on any atom is 0.257 e. The van der Waals surface area contributed by atoms with E-state index < -0.39 is 0 Å². The molecule has 0 aliphatic carbocycles. The number of benzene rings is 2. The van der Waals surface area contributed by atoms with Gasteiger partial charge in [0.1, 0.15) is 12.4 Å². The highest BCUT2D eigenvalue weighted by molar-refractivity contribution is 5.77. The Labute approximate surface area is 169 Å². The lowest BCUT2D eigenvalue weighted by Crippen LogP contribution is -2.36. The zero-order valence-corrected chi connectivity index (χ0v) is 16.6. The minimum absolute atomic E-state index is 0.147. The van der Waals surface area contributed by atoms with Gasteiger partial charge in [0.05, 0.1) is 6.04 Å². The van der Waals surface area contributed by atoms with Crippen LogP contribution in [0.5, 0.6) is 0 Å². The van der Waals surface area contributed by atoms with E-state index in [-0.39, 0.29) is 37.1 Å². The number of nitrogens with one attached hydrogen (secondary N) is 1. The van der Waals surface area contributed by atoms with Gasteiger partial charge in [-0.05, 0) is 19.4 Å². The minimum atomic E-state index is -0.298. The highest BCUT2D eigenvalue weighted by atomic mass is 16.3. The first-order chi connectivity index (χ1) is 14.0. The van der Waals surface area contributed by atoms with Crippen LogP contribution in [0.1, 0.15) is 29.8 Å². The minimum Gasteiger partial charge on any atom is -0.396 e. The van der Waals surface area contributed by atoms with Gasteiger partial charge in [0.15, 0.2) is 0 Å². The summed E-state index contributed by atoms with van der Waals surface area (Å²) in [6.07, 6.45) is 0.203. The number of aliphatic hydroxyl groups excluding tert-OH is 1. The molecule has 150 valence electrons. The molecule has 2 aromatic carbocycles. The van der Waals surface area contributed by atoms with Crippen LogP contribution in [-0.4, -0.2) is 27.2 Å². The van der Waals surface area contributed by atoms with Crippen LogP contribution >= 0.6 is 0 Å². The van der Waals surface area contributed by atoms with Gasteiger partial charge in [-0.1, -0.05) is 60.7 Å². The fourth-order valence-electron chi connectivity index (χ4n) is 3.31. The molecule has 1 aromatic heterocycles. The van der Waals surface area contributed by atoms with E-state index in [9.17, 15) is 14.7 Å². The molecule has 0 saturated carbocycles. The molecular formula is C23H25N3O3. The number of carbonyl (C=O) groups is 1. The molecule has 1 heterocycles. The Morgan fingerprint density at radius 3 is 2.34 bits per heavy atom. The number of nitrogens with zero attached hydrogens (tertiary/aromatic N) is 2. The molecule has 0 fully saturated rings. The number of aromatic nitrogens is 2. The molecule has 29 heavy (non-hydrogen) atoms. The summed E-state index contributed by atoms with van der Waals surface area (Å²) in [7, 11) is 0. The van der Waals surface area contributed by atoms with Crippen molar-refractivity contribution in [2.75, 3.05) is 6.61 Å². The quantitative estimate of drug-likeness (QED) is 0.648. The van der Waals surface area contributed by atoms with E-state index >= 15 is 0 Å². The topological polar surface area (TPSA) is 84.2 Å². The molecule has 1 unspecified atom stereocenters. The number of amides is 1. The van der Waals surface area contributed by atoms with Gasteiger partial charge < -0.3 is 10.4 Å². The third-order valence-corrected chi connectivity index (χ3v) is 4.84. The molecule has 3 aromatic rings. The van der Waals surface area contributed by atoms with E-state index in [1.54, 1.807) is 6.92 Å². The van der Waals surface area contributed by atoms with Gasteiger partial charge in [0.25, 0.3) is 5.56 Å². The Morgan fingerprint density at radius 1 is 1.10 bits per heavy atom. The Hall–Kier alpha value is -3.25. The fraction of sp³-hybridized carbons (Fsp3) is 0.261. The molecule has 6 heteroatoms. The Morgan fingerprint density at radius 2 is 1.72 bits per heavy atom. The van der Waals surface area contributed by atoms with Crippen molar-refractivity contribution in [2.24, 2.45) is 0 Å². The normalized spacial score (nSPS) is 11.8. The summed E-state index contributed by atoms with van der Waals surface area (Å²) in [6, 6.07) is 18.8. The average Bonchev–Trinajstić information content (AvgIpc) is 2.74. The van der Waals surface area contributed by atoms with Crippen LogP contribution in [0, 0.1) is 6.92 Å². The average molecular weight is 391 g/mol.